The Balaban J connectivity index is 0.909. The molecule has 2 aliphatic heterocycles. The standard InChI is InChI=1S/C34H33FN8O2/c35-26-5-2-23(3-6-26)32-28-18-27(7-9-30(28)40-41-32)39-34(45)25-10-15-42(20-25)21-31(44)43-16-11-22(12-17-43)29-8-4-24(19-38-29)33-36-13-1-14-37-33/h1-6,8,11,13-14,18-19,25H,7,9-10,12,15-17,20-21H2,(H,39,45)(H,40,41). The van der Waals surface area contributed by atoms with Crippen molar-refractivity contribution in [1.29, 1.82) is 0 Å². The third-order valence-corrected chi connectivity index (χ3v) is 8.73. The summed E-state index contributed by atoms with van der Waals surface area (Å²) in [6, 6.07) is 12.0. The van der Waals surface area contributed by atoms with Gasteiger partial charge in [-0.2, -0.15) is 5.10 Å². The highest BCUT2D eigenvalue weighted by atomic mass is 19.1. The highest BCUT2D eigenvalue weighted by Crippen LogP contribution is 2.31. The molecule has 11 heteroatoms. The molecule has 0 radical (unpaired) electrons. The fourth-order valence-corrected chi connectivity index (χ4v) is 6.20. The van der Waals surface area contributed by atoms with Crippen molar-refractivity contribution in [3.63, 3.8) is 0 Å². The number of hydrogen-bond donors (Lipinski definition) is 2. The number of halogens is 1. The van der Waals surface area contributed by atoms with Gasteiger partial charge >= 0.3 is 0 Å². The Labute approximate surface area is 260 Å². The van der Waals surface area contributed by atoms with E-state index in [-0.39, 0.29) is 23.5 Å². The number of aromatic nitrogens is 5. The summed E-state index contributed by atoms with van der Waals surface area (Å²) in [6.45, 7) is 2.75. The molecule has 2 amide bonds. The van der Waals surface area contributed by atoms with Crippen LogP contribution in [0, 0.1) is 11.7 Å². The Morgan fingerprint density at radius 1 is 0.978 bits per heavy atom. The van der Waals surface area contributed by atoms with Crippen molar-refractivity contribution in [3.05, 3.63) is 95.6 Å². The summed E-state index contributed by atoms with van der Waals surface area (Å²) in [5.41, 5.74) is 7.23. The van der Waals surface area contributed by atoms with Crippen molar-refractivity contribution in [2.24, 2.45) is 5.92 Å². The van der Waals surface area contributed by atoms with E-state index >= 15 is 0 Å². The van der Waals surface area contributed by atoms with Gasteiger partial charge in [-0.25, -0.2) is 14.4 Å². The van der Waals surface area contributed by atoms with E-state index in [9.17, 15) is 14.0 Å². The zero-order valence-corrected chi connectivity index (χ0v) is 24.7. The number of aromatic amines is 1. The fourth-order valence-electron chi connectivity index (χ4n) is 6.20. The normalized spacial score (nSPS) is 18.2. The van der Waals surface area contributed by atoms with Gasteiger partial charge in [-0.1, -0.05) is 6.08 Å². The molecule has 10 nitrogen and oxygen atoms in total. The molecule has 45 heavy (non-hydrogen) atoms. The maximum absolute atomic E-state index is 13.4. The summed E-state index contributed by atoms with van der Waals surface area (Å²) in [5, 5.41) is 10.7. The predicted octanol–water partition coefficient (Wildman–Crippen LogP) is 4.11. The number of carbonyl (C=O) groups is 2. The molecule has 1 saturated heterocycles. The van der Waals surface area contributed by atoms with Crippen LogP contribution in [0.2, 0.25) is 0 Å². The number of nitrogens with one attached hydrogen (secondary N) is 2. The van der Waals surface area contributed by atoms with Crippen molar-refractivity contribution in [3.8, 4) is 22.6 Å². The van der Waals surface area contributed by atoms with Crippen molar-refractivity contribution in [1.82, 2.24) is 40.3 Å². The third kappa shape index (κ3) is 6.30. The van der Waals surface area contributed by atoms with Crippen molar-refractivity contribution < 1.29 is 14.0 Å². The average Bonchev–Trinajstić information content (AvgIpc) is 3.73. The molecule has 0 bridgehead atoms. The molecule has 1 aromatic carbocycles. The SMILES string of the molecule is O=C(NC1=Cc2c(-c3ccc(F)cc3)n[nH]c2CC1)C1CCN(CC(=O)N2CC=C(c3ccc(-c4ncccn4)cn3)CC2)C1. The second-order valence-corrected chi connectivity index (χ2v) is 11.7. The van der Waals surface area contributed by atoms with Gasteiger partial charge in [-0.3, -0.25) is 24.6 Å². The van der Waals surface area contributed by atoms with Crippen molar-refractivity contribution in [2.45, 2.75) is 25.7 Å². The van der Waals surface area contributed by atoms with Gasteiger partial charge in [0.25, 0.3) is 0 Å². The molecular weight excluding hydrogens is 571 g/mol. The van der Waals surface area contributed by atoms with Gasteiger partial charge in [-0.15, -0.1) is 0 Å². The zero-order valence-electron chi connectivity index (χ0n) is 24.7. The molecule has 3 aromatic heterocycles. The number of aryl methyl sites for hydroxylation is 1. The number of H-pyrrole nitrogens is 1. The Morgan fingerprint density at radius 2 is 1.80 bits per heavy atom. The van der Waals surface area contributed by atoms with E-state index in [0.29, 0.717) is 51.4 Å². The van der Waals surface area contributed by atoms with Crippen molar-refractivity contribution >= 4 is 23.5 Å². The van der Waals surface area contributed by atoms with Crippen LogP contribution in [0.5, 0.6) is 0 Å². The zero-order chi connectivity index (χ0) is 30.8. The summed E-state index contributed by atoms with van der Waals surface area (Å²) in [6.07, 6.45) is 12.1. The Hall–Kier alpha value is -5.03. The molecule has 4 aromatic rings. The Morgan fingerprint density at radius 3 is 2.56 bits per heavy atom. The minimum Gasteiger partial charge on any atom is -0.338 e. The van der Waals surface area contributed by atoms with E-state index < -0.39 is 0 Å². The molecule has 1 unspecified atom stereocenters. The first-order valence-corrected chi connectivity index (χ1v) is 15.3. The maximum Gasteiger partial charge on any atom is 0.237 e. The number of likely N-dealkylation sites (tertiary alicyclic amines) is 1. The number of carbonyl (C=O) groups excluding carboxylic acids is 2. The van der Waals surface area contributed by atoms with Crippen LogP contribution in [0.25, 0.3) is 34.3 Å². The molecule has 1 fully saturated rings. The maximum atomic E-state index is 13.4. The van der Waals surface area contributed by atoms with Gasteiger partial charge < -0.3 is 10.2 Å². The number of fused-ring (bicyclic) bond motifs is 1. The summed E-state index contributed by atoms with van der Waals surface area (Å²) in [5.74, 6) is 0.227. The lowest BCUT2D eigenvalue weighted by atomic mass is 9.97. The number of allylic oxidation sites excluding steroid dienone is 1. The number of amides is 2. The quantitative estimate of drug-likeness (QED) is 0.326. The summed E-state index contributed by atoms with van der Waals surface area (Å²) < 4.78 is 13.4. The van der Waals surface area contributed by atoms with E-state index in [1.165, 1.54) is 12.1 Å². The highest BCUT2D eigenvalue weighted by Gasteiger charge is 2.31. The first kappa shape index (κ1) is 28.7. The van der Waals surface area contributed by atoms with E-state index in [0.717, 1.165) is 57.9 Å². The van der Waals surface area contributed by atoms with E-state index in [2.05, 4.69) is 41.4 Å². The molecule has 7 rings (SSSR count). The van der Waals surface area contributed by atoms with Crippen LogP contribution in [0.3, 0.4) is 0 Å². The average molecular weight is 605 g/mol. The number of nitrogens with zero attached hydrogens (tertiary/aromatic N) is 6. The van der Waals surface area contributed by atoms with Crippen LogP contribution in [0.1, 0.15) is 36.2 Å². The van der Waals surface area contributed by atoms with Gasteiger partial charge in [0.1, 0.15) is 5.82 Å². The van der Waals surface area contributed by atoms with Gasteiger partial charge in [0.15, 0.2) is 5.82 Å². The van der Waals surface area contributed by atoms with Crippen LogP contribution < -0.4 is 5.32 Å². The monoisotopic (exact) mass is 604 g/mol. The molecular formula is C34H33FN8O2. The van der Waals surface area contributed by atoms with Crippen LogP contribution in [-0.4, -0.2) is 79.5 Å². The predicted molar refractivity (Wildman–Crippen MR) is 167 cm³/mol. The molecule has 0 spiro atoms. The van der Waals surface area contributed by atoms with E-state index in [4.69, 9.17) is 0 Å². The lowest BCUT2D eigenvalue weighted by Gasteiger charge is -2.28. The topological polar surface area (TPSA) is 120 Å². The Bertz CT molecular complexity index is 1770. The van der Waals surface area contributed by atoms with Crippen LogP contribution in [0.15, 0.2) is 72.8 Å². The number of benzene rings is 1. The number of hydrogen-bond acceptors (Lipinski definition) is 7. The van der Waals surface area contributed by atoms with Gasteiger partial charge in [0.2, 0.25) is 11.8 Å². The largest absolute Gasteiger partial charge is 0.338 e. The summed E-state index contributed by atoms with van der Waals surface area (Å²) in [4.78, 5) is 43.4. The minimum atomic E-state index is -0.295. The lowest BCUT2D eigenvalue weighted by Crippen LogP contribution is -2.42. The van der Waals surface area contributed by atoms with Crippen LogP contribution in [-0.2, 0) is 16.0 Å². The minimum absolute atomic E-state index is 0.0191. The Kier molecular flexibility index (Phi) is 8.00. The molecule has 1 aliphatic carbocycles. The molecule has 3 aliphatic rings. The molecule has 2 N–H and O–H groups in total. The third-order valence-electron chi connectivity index (χ3n) is 8.73. The number of rotatable bonds is 7. The lowest BCUT2D eigenvalue weighted by molar-refractivity contribution is -0.132. The van der Waals surface area contributed by atoms with Gasteiger partial charge in [0.05, 0.1) is 23.9 Å². The van der Waals surface area contributed by atoms with Crippen LogP contribution >= 0.6 is 0 Å². The van der Waals surface area contributed by atoms with Gasteiger partial charge in [-0.05, 0) is 86.3 Å². The first-order valence-electron chi connectivity index (χ1n) is 15.3. The van der Waals surface area contributed by atoms with Gasteiger partial charge in [0, 0.05) is 66.3 Å². The van der Waals surface area contributed by atoms with Crippen LogP contribution in [0.4, 0.5) is 4.39 Å². The summed E-state index contributed by atoms with van der Waals surface area (Å²) >= 11 is 0. The summed E-state index contributed by atoms with van der Waals surface area (Å²) in [7, 11) is 0. The smallest absolute Gasteiger partial charge is 0.237 e. The second kappa shape index (κ2) is 12.5. The number of pyridine rings is 1. The first-order chi connectivity index (χ1) is 22.0. The molecule has 1 atom stereocenters. The fraction of sp³-hybridized carbons (Fsp3) is 0.294. The molecule has 228 valence electrons. The van der Waals surface area contributed by atoms with E-state index in [1.807, 2.05) is 23.1 Å². The molecule has 0 saturated carbocycles. The highest BCUT2D eigenvalue weighted by molar-refractivity contribution is 5.84. The molecule has 5 heterocycles. The van der Waals surface area contributed by atoms with E-state index in [1.54, 1.807) is 36.8 Å². The van der Waals surface area contributed by atoms with Crippen molar-refractivity contribution in [2.75, 3.05) is 32.7 Å². The second-order valence-electron chi connectivity index (χ2n) is 11.7.